The summed E-state index contributed by atoms with van der Waals surface area (Å²) in [5, 5.41) is 3.39. The van der Waals surface area contributed by atoms with Gasteiger partial charge in [-0.05, 0) is 39.4 Å². The molecule has 4 nitrogen and oxygen atoms in total. The topological polar surface area (TPSA) is 35.6 Å². The molecule has 0 radical (unpaired) electrons. The Morgan fingerprint density at radius 2 is 2.12 bits per heavy atom. The molecule has 16 heavy (non-hydrogen) atoms. The van der Waals surface area contributed by atoms with Gasteiger partial charge in [0.15, 0.2) is 0 Å². The van der Waals surface area contributed by atoms with Gasteiger partial charge in [0.1, 0.15) is 0 Å². The van der Waals surface area contributed by atoms with Crippen molar-refractivity contribution in [3.8, 4) is 0 Å². The van der Waals surface area contributed by atoms with Crippen LogP contribution in [-0.4, -0.2) is 61.5 Å². The predicted molar refractivity (Wildman–Crippen MR) is 64.3 cm³/mol. The minimum Gasteiger partial charge on any atom is -0.341 e. The van der Waals surface area contributed by atoms with Gasteiger partial charge in [-0.1, -0.05) is 0 Å². The summed E-state index contributed by atoms with van der Waals surface area (Å²) in [6, 6.07) is 0.438. The van der Waals surface area contributed by atoms with Crippen molar-refractivity contribution in [1.29, 1.82) is 0 Å². The van der Waals surface area contributed by atoms with E-state index >= 15 is 0 Å². The van der Waals surface area contributed by atoms with Gasteiger partial charge in [0.25, 0.3) is 0 Å². The molecule has 2 saturated heterocycles. The Balaban J connectivity index is 1.78. The first-order chi connectivity index (χ1) is 7.75. The van der Waals surface area contributed by atoms with Crippen molar-refractivity contribution in [3.05, 3.63) is 0 Å². The Bertz CT molecular complexity index is 238. The fraction of sp³-hybridized carbons (Fsp3) is 0.917. The molecule has 2 heterocycles. The van der Waals surface area contributed by atoms with E-state index in [0.717, 1.165) is 39.1 Å². The van der Waals surface area contributed by atoms with Gasteiger partial charge in [0, 0.05) is 32.1 Å². The first-order valence-electron chi connectivity index (χ1n) is 6.45. The van der Waals surface area contributed by atoms with Gasteiger partial charge in [-0.25, -0.2) is 0 Å². The highest BCUT2D eigenvalue weighted by molar-refractivity contribution is 5.76. The average molecular weight is 225 g/mol. The number of rotatable bonds is 2. The number of nitrogens with zero attached hydrogens (tertiary/aromatic N) is 2. The summed E-state index contributed by atoms with van der Waals surface area (Å²) >= 11 is 0. The van der Waals surface area contributed by atoms with Crippen LogP contribution >= 0.6 is 0 Å². The summed E-state index contributed by atoms with van der Waals surface area (Å²) in [6.07, 6.45) is 4.20. The zero-order valence-electron chi connectivity index (χ0n) is 10.2. The zero-order valence-corrected chi connectivity index (χ0v) is 10.2. The smallest absolute Gasteiger partial charge is 0.224 e. The van der Waals surface area contributed by atoms with Gasteiger partial charge in [0.2, 0.25) is 5.91 Å². The molecular formula is C12H23N3O. The Kier molecular flexibility index (Phi) is 4.18. The van der Waals surface area contributed by atoms with Crippen molar-refractivity contribution < 1.29 is 4.79 Å². The molecule has 2 rings (SSSR count). The van der Waals surface area contributed by atoms with Crippen LogP contribution in [-0.2, 0) is 4.79 Å². The van der Waals surface area contributed by atoms with Gasteiger partial charge in [-0.3, -0.25) is 4.79 Å². The van der Waals surface area contributed by atoms with Gasteiger partial charge in [0.05, 0.1) is 0 Å². The van der Waals surface area contributed by atoms with E-state index in [0.29, 0.717) is 18.4 Å². The van der Waals surface area contributed by atoms with Crippen LogP contribution in [0.25, 0.3) is 0 Å². The molecule has 0 spiro atoms. The fourth-order valence-electron chi connectivity index (χ4n) is 2.57. The fourth-order valence-corrected chi connectivity index (χ4v) is 2.57. The molecule has 0 aliphatic carbocycles. The maximum atomic E-state index is 12.1. The van der Waals surface area contributed by atoms with E-state index in [-0.39, 0.29) is 0 Å². The van der Waals surface area contributed by atoms with Crippen LogP contribution in [0.2, 0.25) is 0 Å². The summed E-state index contributed by atoms with van der Waals surface area (Å²) in [4.78, 5) is 16.4. The molecule has 2 fully saturated rings. The van der Waals surface area contributed by atoms with Crippen molar-refractivity contribution in [2.75, 3.05) is 39.8 Å². The van der Waals surface area contributed by atoms with Crippen LogP contribution in [0.5, 0.6) is 0 Å². The zero-order chi connectivity index (χ0) is 11.4. The highest BCUT2D eigenvalue weighted by Gasteiger charge is 2.22. The Hall–Kier alpha value is -0.610. The Morgan fingerprint density at radius 3 is 2.88 bits per heavy atom. The maximum Gasteiger partial charge on any atom is 0.224 e. The van der Waals surface area contributed by atoms with E-state index in [9.17, 15) is 4.79 Å². The van der Waals surface area contributed by atoms with E-state index in [4.69, 9.17) is 0 Å². The molecule has 0 aromatic carbocycles. The molecule has 2 aliphatic rings. The number of carbonyl (C=O) groups is 1. The monoisotopic (exact) mass is 225 g/mol. The summed E-state index contributed by atoms with van der Waals surface area (Å²) in [6.45, 7) is 5.06. The van der Waals surface area contributed by atoms with E-state index in [1.807, 2.05) is 4.90 Å². The van der Waals surface area contributed by atoms with Gasteiger partial charge in [-0.15, -0.1) is 0 Å². The minimum atomic E-state index is 0.342. The molecule has 92 valence electrons. The van der Waals surface area contributed by atoms with Crippen molar-refractivity contribution in [2.24, 2.45) is 0 Å². The second kappa shape index (κ2) is 5.64. The third-order valence-corrected chi connectivity index (χ3v) is 3.66. The van der Waals surface area contributed by atoms with Crippen LogP contribution < -0.4 is 5.32 Å². The van der Waals surface area contributed by atoms with Gasteiger partial charge in [-0.2, -0.15) is 0 Å². The van der Waals surface area contributed by atoms with Crippen molar-refractivity contribution in [1.82, 2.24) is 15.1 Å². The Morgan fingerprint density at radius 1 is 1.25 bits per heavy atom. The SMILES string of the molecule is CN1CCCN(C(=O)CC2CCCN2)CC1. The second-order valence-corrected chi connectivity index (χ2v) is 5.04. The quantitative estimate of drug-likeness (QED) is 0.734. The number of carbonyl (C=O) groups excluding carboxylic acids is 1. The minimum absolute atomic E-state index is 0.342. The molecule has 4 heteroatoms. The van der Waals surface area contributed by atoms with Crippen molar-refractivity contribution in [2.45, 2.75) is 31.7 Å². The summed E-state index contributed by atoms with van der Waals surface area (Å²) in [5.41, 5.74) is 0. The van der Waals surface area contributed by atoms with E-state index < -0.39 is 0 Å². The standard InChI is InChI=1S/C12H23N3O/c1-14-6-3-7-15(9-8-14)12(16)10-11-4-2-5-13-11/h11,13H,2-10H2,1H3. The molecule has 0 aromatic heterocycles. The van der Waals surface area contributed by atoms with Crippen molar-refractivity contribution >= 4 is 5.91 Å². The highest BCUT2D eigenvalue weighted by atomic mass is 16.2. The molecule has 1 N–H and O–H groups in total. The molecule has 2 aliphatic heterocycles. The van der Waals surface area contributed by atoms with E-state index in [1.165, 1.54) is 12.8 Å². The molecule has 1 amide bonds. The molecular weight excluding hydrogens is 202 g/mol. The molecule has 0 bridgehead atoms. The third-order valence-electron chi connectivity index (χ3n) is 3.66. The van der Waals surface area contributed by atoms with E-state index in [2.05, 4.69) is 17.3 Å². The molecule has 1 atom stereocenters. The van der Waals surface area contributed by atoms with Gasteiger partial charge >= 0.3 is 0 Å². The lowest BCUT2D eigenvalue weighted by Crippen LogP contribution is -2.38. The van der Waals surface area contributed by atoms with Crippen LogP contribution in [0.15, 0.2) is 0 Å². The highest BCUT2D eigenvalue weighted by Crippen LogP contribution is 2.11. The number of hydrogen-bond acceptors (Lipinski definition) is 3. The lowest BCUT2D eigenvalue weighted by molar-refractivity contribution is -0.131. The molecule has 0 aromatic rings. The van der Waals surface area contributed by atoms with Crippen LogP contribution in [0, 0.1) is 0 Å². The lowest BCUT2D eigenvalue weighted by atomic mass is 10.1. The second-order valence-electron chi connectivity index (χ2n) is 5.04. The third kappa shape index (κ3) is 3.19. The normalized spacial score (nSPS) is 28.1. The van der Waals surface area contributed by atoms with Crippen LogP contribution in [0.1, 0.15) is 25.7 Å². The van der Waals surface area contributed by atoms with Crippen LogP contribution in [0.3, 0.4) is 0 Å². The first-order valence-corrected chi connectivity index (χ1v) is 6.45. The summed E-state index contributed by atoms with van der Waals surface area (Å²) in [7, 11) is 2.13. The number of amides is 1. The number of likely N-dealkylation sites (N-methyl/N-ethyl adjacent to an activating group) is 1. The molecule has 0 saturated carbocycles. The summed E-state index contributed by atoms with van der Waals surface area (Å²) < 4.78 is 0. The predicted octanol–water partition coefficient (Wildman–Crippen LogP) is 0.293. The lowest BCUT2D eigenvalue weighted by Gasteiger charge is -2.22. The average Bonchev–Trinajstić information content (AvgIpc) is 2.66. The first kappa shape index (κ1) is 11.9. The number of nitrogens with one attached hydrogen (secondary N) is 1. The summed E-state index contributed by atoms with van der Waals surface area (Å²) in [5.74, 6) is 0.342. The van der Waals surface area contributed by atoms with Crippen molar-refractivity contribution in [3.63, 3.8) is 0 Å². The maximum absolute atomic E-state index is 12.1. The van der Waals surface area contributed by atoms with Gasteiger partial charge < -0.3 is 15.1 Å². The van der Waals surface area contributed by atoms with E-state index in [1.54, 1.807) is 0 Å². The molecule has 1 unspecified atom stereocenters. The number of hydrogen-bond donors (Lipinski definition) is 1. The Labute approximate surface area is 98.0 Å². The largest absolute Gasteiger partial charge is 0.341 e. The van der Waals surface area contributed by atoms with Crippen LogP contribution in [0.4, 0.5) is 0 Å².